The van der Waals surface area contributed by atoms with Crippen molar-refractivity contribution in [2.75, 3.05) is 57.5 Å². The number of carbonyl (C=O) groups excluding carboxylic acids is 1. The number of likely N-dealkylation sites (tertiary alicyclic amines) is 1. The Labute approximate surface area is 255 Å². The second-order valence-electron chi connectivity index (χ2n) is 11.0. The minimum absolute atomic E-state index is 0.0764. The summed E-state index contributed by atoms with van der Waals surface area (Å²) in [6, 6.07) is 8.47. The number of ether oxygens (including phenoxy) is 1. The molecule has 1 fully saturated rings. The molecular formula is C31H39F3N8O2. The third kappa shape index (κ3) is 9.12. The second-order valence-corrected chi connectivity index (χ2v) is 11.0. The van der Waals surface area contributed by atoms with Crippen molar-refractivity contribution >= 4 is 41.4 Å². The van der Waals surface area contributed by atoms with Crippen LogP contribution in [0.15, 0.2) is 56.4 Å². The molecule has 2 N–H and O–H groups in total. The van der Waals surface area contributed by atoms with Gasteiger partial charge in [0.1, 0.15) is 24.9 Å². The number of carbonyl (C=O) groups is 1. The molecule has 2 unspecified atom stereocenters. The number of likely N-dealkylation sites (N-methyl/N-ethyl adjacent to an activating group) is 1. The van der Waals surface area contributed by atoms with E-state index < -0.39 is 11.7 Å². The van der Waals surface area contributed by atoms with Crippen LogP contribution in [0.2, 0.25) is 0 Å². The lowest BCUT2D eigenvalue weighted by Gasteiger charge is -2.33. The highest BCUT2D eigenvalue weighted by atomic mass is 19.4. The highest BCUT2D eigenvalue weighted by molar-refractivity contribution is 6.37. The third-order valence-electron chi connectivity index (χ3n) is 7.10. The summed E-state index contributed by atoms with van der Waals surface area (Å²) < 4.78 is 46.0. The van der Waals surface area contributed by atoms with Crippen molar-refractivity contribution in [2.24, 2.45) is 20.0 Å². The summed E-state index contributed by atoms with van der Waals surface area (Å²) >= 11 is 0. The van der Waals surface area contributed by atoms with Gasteiger partial charge in [-0.2, -0.15) is 13.2 Å². The van der Waals surface area contributed by atoms with Crippen LogP contribution in [0.4, 0.5) is 24.5 Å². The fraction of sp³-hybridized carbons (Fsp3) is 0.452. The summed E-state index contributed by atoms with van der Waals surface area (Å²) in [5, 5.41) is 6.10. The fourth-order valence-corrected chi connectivity index (χ4v) is 4.32. The first-order valence-electron chi connectivity index (χ1n) is 14.5. The van der Waals surface area contributed by atoms with E-state index >= 15 is 0 Å². The van der Waals surface area contributed by atoms with Crippen molar-refractivity contribution in [3.8, 4) is 5.75 Å². The molecule has 236 valence electrons. The topological polar surface area (TPSA) is 106 Å². The Morgan fingerprint density at radius 2 is 2.00 bits per heavy atom. The predicted molar refractivity (Wildman–Crippen MR) is 170 cm³/mol. The van der Waals surface area contributed by atoms with Crippen molar-refractivity contribution in [2.45, 2.75) is 45.6 Å². The lowest BCUT2D eigenvalue weighted by molar-refractivity contribution is -0.137. The van der Waals surface area contributed by atoms with Crippen molar-refractivity contribution in [3.05, 3.63) is 53.1 Å². The smallest absolute Gasteiger partial charge is 0.416 e. The zero-order valence-electron chi connectivity index (χ0n) is 25.6. The standard InChI is InChI=1S/C31H39F3N8O2/c1-20-7-8-23(29(43)18-35-25-14-24(31(32,33)34)15-26(16-25)44-12-11-41(4)5)13-27(20)40-22(3)37-19-38-28-17-36-30(39-21(28)2)42-9-6-10-42/h7-8,13-17,19,21-22,35,40H,6,9-12,18H2,1-5H3. The van der Waals surface area contributed by atoms with Crippen LogP contribution in [0.1, 0.15) is 41.8 Å². The molecule has 0 amide bonds. The van der Waals surface area contributed by atoms with Crippen LogP contribution >= 0.6 is 0 Å². The van der Waals surface area contributed by atoms with Crippen LogP contribution in [0.25, 0.3) is 0 Å². The number of Topliss-reactive ketones (excluding diaryl/α,β-unsaturated/α-hetero) is 1. The van der Waals surface area contributed by atoms with Crippen molar-refractivity contribution in [1.82, 2.24) is 9.80 Å². The number of hydrogen-bond donors (Lipinski definition) is 2. The number of anilines is 2. The number of alkyl halides is 3. The normalized spacial score (nSPS) is 18.4. The Bertz CT molecular complexity index is 1450. The predicted octanol–water partition coefficient (Wildman–Crippen LogP) is 5.01. The molecular weight excluding hydrogens is 573 g/mol. The third-order valence-corrected chi connectivity index (χ3v) is 7.10. The van der Waals surface area contributed by atoms with Gasteiger partial charge < -0.3 is 25.2 Å². The lowest BCUT2D eigenvalue weighted by atomic mass is 10.1. The highest BCUT2D eigenvalue weighted by Gasteiger charge is 2.31. The molecule has 0 aromatic heterocycles. The highest BCUT2D eigenvalue weighted by Crippen LogP contribution is 2.34. The van der Waals surface area contributed by atoms with Gasteiger partial charge in [-0.15, -0.1) is 0 Å². The zero-order chi connectivity index (χ0) is 31.9. The number of nitrogens with one attached hydrogen (secondary N) is 2. The number of rotatable bonds is 12. The quantitative estimate of drug-likeness (QED) is 0.198. The maximum atomic E-state index is 13.5. The van der Waals surface area contributed by atoms with Gasteiger partial charge in [-0.25, -0.2) is 20.0 Å². The minimum Gasteiger partial charge on any atom is -0.492 e. The fourth-order valence-electron chi connectivity index (χ4n) is 4.32. The molecule has 44 heavy (non-hydrogen) atoms. The van der Waals surface area contributed by atoms with Crippen LogP contribution in [0.3, 0.4) is 0 Å². The first-order chi connectivity index (χ1) is 20.9. The van der Waals surface area contributed by atoms with Crippen LogP contribution in [0, 0.1) is 6.92 Å². The van der Waals surface area contributed by atoms with Crippen LogP contribution in [-0.4, -0.2) is 98.9 Å². The monoisotopic (exact) mass is 612 g/mol. The average Bonchev–Trinajstić information content (AvgIpc) is 2.92. The van der Waals surface area contributed by atoms with Gasteiger partial charge >= 0.3 is 6.18 Å². The number of benzene rings is 2. The molecule has 2 aromatic carbocycles. The Hall–Kier alpha value is -4.26. The SMILES string of the molecule is Cc1ccc(C(=O)CNc2cc(OCCN(C)C)cc(C(F)(F)F)c2)cc1NC(C)N=CN=C1C=NC(N2CCC2)=NC1C. The first kappa shape index (κ1) is 32.6. The molecule has 0 saturated carbocycles. The molecule has 2 aromatic rings. The van der Waals surface area contributed by atoms with Crippen LogP contribution < -0.4 is 15.4 Å². The first-order valence-corrected chi connectivity index (χ1v) is 14.5. The van der Waals surface area contributed by atoms with Gasteiger partial charge in [0.15, 0.2) is 5.78 Å². The second kappa shape index (κ2) is 14.5. The molecule has 0 aliphatic carbocycles. The van der Waals surface area contributed by atoms with Gasteiger partial charge in [0.25, 0.3) is 0 Å². The number of ketones is 1. The molecule has 2 atom stereocenters. The van der Waals surface area contributed by atoms with E-state index in [9.17, 15) is 18.0 Å². The molecule has 13 heteroatoms. The summed E-state index contributed by atoms with van der Waals surface area (Å²) in [7, 11) is 3.69. The summed E-state index contributed by atoms with van der Waals surface area (Å²) in [5.74, 6) is 0.540. The van der Waals surface area contributed by atoms with Crippen molar-refractivity contribution in [3.63, 3.8) is 0 Å². The average molecular weight is 613 g/mol. The molecule has 2 heterocycles. The van der Waals surface area contributed by atoms with Gasteiger partial charge in [0.2, 0.25) is 5.96 Å². The van der Waals surface area contributed by atoms with Gasteiger partial charge in [0, 0.05) is 42.6 Å². The van der Waals surface area contributed by atoms with Gasteiger partial charge in [-0.05, 0) is 65.0 Å². The van der Waals surface area contributed by atoms with E-state index in [1.54, 1.807) is 24.4 Å². The summed E-state index contributed by atoms with van der Waals surface area (Å²) in [4.78, 5) is 34.9. The molecule has 2 aliphatic rings. The number of nitrogens with zero attached hydrogens (tertiary/aromatic N) is 6. The van der Waals surface area contributed by atoms with E-state index in [1.165, 1.54) is 12.4 Å². The van der Waals surface area contributed by atoms with Crippen molar-refractivity contribution < 1.29 is 22.7 Å². The molecule has 0 spiro atoms. The van der Waals surface area contributed by atoms with Crippen LogP contribution in [-0.2, 0) is 6.18 Å². The molecule has 0 bridgehead atoms. The van der Waals surface area contributed by atoms with E-state index in [-0.39, 0.29) is 42.6 Å². The van der Waals surface area contributed by atoms with E-state index in [2.05, 4.69) is 35.5 Å². The molecule has 4 rings (SSSR count). The number of hydrogen-bond acceptors (Lipinski definition) is 9. The summed E-state index contributed by atoms with van der Waals surface area (Å²) in [6.07, 6.45) is -0.558. The summed E-state index contributed by atoms with van der Waals surface area (Å²) in [5.41, 5.74) is 2.02. The number of aliphatic imine (C=N–C) groups is 4. The van der Waals surface area contributed by atoms with Crippen molar-refractivity contribution in [1.29, 1.82) is 0 Å². The zero-order valence-corrected chi connectivity index (χ0v) is 25.6. The van der Waals surface area contributed by atoms with Crippen LogP contribution in [0.5, 0.6) is 5.75 Å². The number of aryl methyl sites for hydroxylation is 1. The maximum absolute atomic E-state index is 13.5. The molecule has 2 aliphatic heterocycles. The maximum Gasteiger partial charge on any atom is 0.416 e. The lowest BCUT2D eigenvalue weighted by Crippen LogP contribution is -2.43. The minimum atomic E-state index is -4.56. The van der Waals surface area contributed by atoms with E-state index in [0.29, 0.717) is 17.8 Å². The van der Waals surface area contributed by atoms with Gasteiger partial charge in [-0.3, -0.25) is 4.79 Å². The Kier molecular flexibility index (Phi) is 10.7. The van der Waals surface area contributed by atoms with E-state index in [0.717, 1.165) is 48.9 Å². The molecule has 10 nitrogen and oxygen atoms in total. The summed E-state index contributed by atoms with van der Waals surface area (Å²) in [6.45, 7) is 8.25. The van der Waals surface area contributed by atoms with E-state index in [4.69, 9.17) is 4.74 Å². The Balaban J connectivity index is 1.36. The Morgan fingerprint density at radius 1 is 1.23 bits per heavy atom. The molecule has 1 saturated heterocycles. The largest absolute Gasteiger partial charge is 0.492 e. The number of guanidine groups is 1. The van der Waals surface area contributed by atoms with E-state index in [1.807, 2.05) is 39.8 Å². The van der Waals surface area contributed by atoms with Gasteiger partial charge in [0.05, 0.1) is 30.1 Å². The Morgan fingerprint density at radius 3 is 2.66 bits per heavy atom. The molecule has 0 radical (unpaired) electrons. The van der Waals surface area contributed by atoms with Gasteiger partial charge in [-0.1, -0.05) is 12.1 Å². The number of halogens is 3.